The van der Waals surface area contributed by atoms with Gasteiger partial charge in [-0.05, 0) is 42.7 Å². The second-order valence-electron chi connectivity index (χ2n) is 8.68. The van der Waals surface area contributed by atoms with Crippen molar-refractivity contribution in [3.05, 3.63) is 59.1 Å². The number of hydrogen-bond donors (Lipinski definition) is 2. The molecule has 0 radical (unpaired) electrons. The number of amides is 3. The molecule has 7 heteroatoms. The minimum atomic E-state index is -1.24. The molecule has 2 saturated heterocycles. The smallest absolute Gasteiger partial charge is 0.250 e. The maximum atomic E-state index is 13.7. The number of nitrogens with one attached hydrogen (secondary N) is 2. The molecule has 6 nitrogen and oxygen atoms in total. The number of halogens is 1. The number of para-hydroxylation sites is 1. The van der Waals surface area contributed by atoms with Gasteiger partial charge in [-0.2, -0.15) is 0 Å². The summed E-state index contributed by atoms with van der Waals surface area (Å²) in [5, 5.41) is 6.89. The third kappa shape index (κ3) is 2.50. The van der Waals surface area contributed by atoms with Crippen LogP contribution < -0.4 is 15.5 Å². The maximum Gasteiger partial charge on any atom is 0.250 e. The van der Waals surface area contributed by atoms with E-state index in [-0.39, 0.29) is 23.8 Å². The van der Waals surface area contributed by atoms with E-state index in [0.717, 1.165) is 5.56 Å². The highest BCUT2D eigenvalue weighted by Crippen LogP contribution is 2.54. The van der Waals surface area contributed by atoms with Crippen molar-refractivity contribution in [2.45, 2.75) is 31.8 Å². The Morgan fingerprint density at radius 1 is 1.03 bits per heavy atom. The van der Waals surface area contributed by atoms with Crippen LogP contribution in [0.2, 0.25) is 5.02 Å². The lowest BCUT2D eigenvalue weighted by molar-refractivity contribution is -0.130. The van der Waals surface area contributed by atoms with E-state index >= 15 is 0 Å². The van der Waals surface area contributed by atoms with E-state index in [1.165, 1.54) is 4.90 Å². The first-order valence-corrected chi connectivity index (χ1v) is 10.5. The summed E-state index contributed by atoms with van der Waals surface area (Å²) < 4.78 is 0. The second kappa shape index (κ2) is 6.65. The number of rotatable bonds is 3. The van der Waals surface area contributed by atoms with Gasteiger partial charge in [0.15, 0.2) is 0 Å². The predicted octanol–water partition coefficient (Wildman–Crippen LogP) is 3.31. The van der Waals surface area contributed by atoms with Crippen molar-refractivity contribution in [3.63, 3.8) is 0 Å². The van der Waals surface area contributed by atoms with Gasteiger partial charge >= 0.3 is 0 Å². The molecule has 30 heavy (non-hydrogen) atoms. The molecule has 4 atom stereocenters. The zero-order valence-electron chi connectivity index (χ0n) is 16.7. The normalized spacial score (nSPS) is 29.7. The Bertz CT molecular complexity index is 1070. The predicted molar refractivity (Wildman–Crippen MR) is 114 cm³/mol. The van der Waals surface area contributed by atoms with Crippen molar-refractivity contribution >= 4 is 40.7 Å². The lowest BCUT2D eigenvalue weighted by Gasteiger charge is -2.29. The van der Waals surface area contributed by atoms with Gasteiger partial charge in [0.25, 0.3) is 0 Å². The van der Waals surface area contributed by atoms with Gasteiger partial charge in [0.1, 0.15) is 5.54 Å². The number of carbonyl (C=O) groups excluding carboxylic acids is 3. The summed E-state index contributed by atoms with van der Waals surface area (Å²) in [4.78, 5) is 41.7. The van der Waals surface area contributed by atoms with Crippen LogP contribution in [-0.4, -0.2) is 23.8 Å². The monoisotopic (exact) mass is 423 g/mol. The summed E-state index contributed by atoms with van der Waals surface area (Å²) in [5.41, 5.74) is 0.655. The highest BCUT2D eigenvalue weighted by molar-refractivity contribution is 6.31. The number of hydrogen-bond acceptors (Lipinski definition) is 4. The quantitative estimate of drug-likeness (QED) is 0.742. The first kappa shape index (κ1) is 19.3. The molecule has 2 aromatic rings. The van der Waals surface area contributed by atoms with Crippen LogP contribution >= 0.6 is 11.6 Å². The minimum absolute atomic E-state index is 0.264. The van der Waals surface area contributed by atoms with Crippen molar-refractivity contribution in [1.82, 2.24) is 5.32 Å². The second-order valence-corrected chi connectivity index (χ2v) is 9.12. The summed E-state index contributed by atoms with van der Waals surface area (Å²) in [6.07, 6.45) is 0.686. The Morgan fingerprint density at radius 2 is 1.73 bits per heavy atom. The Balaban J connectivity index is 1.66. The van der Waals surface area contributed by atoms with Crippen LogP contribution in [0.15, 0.2) is 48.5 Å². The van der Waals surface area contributed by atoms with Gasteiger partial charge in [0, 0.05) is 22.3 Å². The fraction of sp³-hybridized carbons (Fsp3) is 0.348. The fourth-order valence-electron chi connectivity index (χ4n) is 5.31. The average molecular weight is 424 g/mol. The lowest BCUT2D eigenvalue weighted by atomic mass is 9.76. The Kier molecular flexibility index (Phi) is 4.27. The zero-order chi connectivity index (χ0) is 21.2. The molecule has 1 spiro atoms. The Labute approximate surface area is 179 Å². The van der Waals surface area contributed by atoms with Crippen molar-refractivity contribution in [1.29, 1.82) is 0 Å². The molecule has 0 aliphatic carbocycles. The molecule has 0 bridgehead atoms. The third-order valence-electron chi connectivity index (χ3n) is 6.43. The van der Waals surface area contributed by atoms with Gasteiger partial charge in [0.05, 0.1) is 17.5 Å². The summed E-state index contributed by atoms with van der Waals surface area (Å²) >= 11 is 5.99. The largest absolute Gasteiger partial charge is 0.324 e. The fourth-order valence-corrected chi connectivity index (χ4v) is 5.44. The molecular weight excluding hydrogens is 402 g/mol. The SMILES string of the molecule is CC(C)C[C@@H]1N[C@@]2(C(=O)Nc3ccccc32)[C@@H]2C(=O)N(c3ccc(Cl)cc3)C(=O)[C@H]12. The van der Waals surface area contributed by atoms with Gasteiger partial charge in [0.2, 0.25) is 17.7 Å². The molecule has 0 unspecified atom stereocenters. The number of benzene rings is 2. The molecule has 154 valence electrons. The number of imide groups is 1. The number of fused-ring (bicyclic) bond motifs is 4. The van der Waals surface area contributed by atoms with Crippen LogP contribution in [0.5, 0.6) is 0 Å². The molecule has 2 fully saturated rings. The molecule has 3 aliphatic heterocycles. The van der Waals surface area contributed by atoms with Gasteiger partial charge in [-0.25, -0.2) is 4.90 Å². The molecule has 5 rings (SSSR count). The molecule has 3 aliphatic rings. The van der Waals surface area contributed by atoms with Crippen LogP contribution in [0.3, 0.4) is 0 Å². The van der Waals surface area contributed by atoms with Gasteiger partial charge < -0.3 is 5.32 Å². The molecule has 0 aromatic heterocycles. The van der Waals surface area contributed by atoms with E-state index in [2.05, 4.69) is 24.5 Å². The molecule has 3 heterocycles. The van der Waals surface area contributed by atoms with Crippen LogP contribution in [0.25, 0.3) is 0 Å². The highest BCUT2D eigenvalue weighted by Gasteiger charge is 2.70. The summed E-state index contributed by atoms with van der Waals surface area (Å²) in [7, 11) is 0. The van der Waals surface area contributed by atoms with E-state index in [1.54, 1.807) is 24.3 Å². The van der Waals surface area contributed by atoms with Crippen molar-refractivity contribution < 1.29 is 14.4 Å². The first-order chi connectivity index (χ1) is 14.3. The molecule has 2 N–H and O–H groups in total. The standard InChI is InChI=1S/C23H22ClN3O3/c1-12(2)11-17-18-19(21(29)27(20(18)28)14-9-7-13(24)8-10-14)23(26-17)15-5-3-4-6-16(15)25-22(23)30/h3-10,12,17-19,26H,11H2,1-2H3,(H,25,30)/t17-,18+,19-,23+/m0/s1. The summed E-state index contributed by atoms with van der Waals surface area (Å²) in [6, 6.07) is 13.7. The van der Waals surface area contributed by atoms with Crippen molar-refractivity contribution in [2.75, 3.05) is 10.2 Å². The number of carbonyl (C=O) groups is 3. The molecule has 2 aromatic carbocycles. The molecular formula is C23H22ClN3O3. The van der Waals surface area contributed by atoms with E-state index < -0.39 is 17.4 Å². The van der Waals surface area contributed by atoms with E-state index in [4.69, 9.17) is 11.6 Å². The van der Waals surface area contributed by atoms with E-state index in [1.807, 2.05) is 24.3 Å². The molecule has 3 amide bonds. The Hall–Kier alpha value is -2.70. The number of nitrogens with zero attached hydrogens (tertiary/aromatic N) is 1. The zero-order valence-corrected chi connectivity index (χ0v) is 17.4. The summed E-state index contributed by atoms with van der Waals surface area (Å²) in [5.74, 6) is -1.99. The van der Waals surface area contributed by atoms with E-state index in [0.29, 0.717) is 28.7 Å². The first-order valence-electron chi connectivity index (χ1n) is 10.2. The van der Waals surface area contributed by atoms with Crippen LogP contribution in [0, 0.1) is 17.8 Å². The topological polar surface area (TPSA) is 78.5 Å². The average Bonchev–Trinajstić information content (AvgIpc) is 3.27. The summed E-state index contributed by atoms with van der Waals surface area (Å²) in [6.45, 7) is 4.14. The van der Waals surface area contributed by atoms with Crippen LogP contribution in [0.4, 0.5) is 11.4 Å². The molecule has 0 saturated carbocycles. The maximum absolute atomic E-state index is 13.7. The third-order valence-corrected chi connectivity index (χ3v) is 6.68. The van der Waals surface area contributed by atoms with Crippen molar-refractivity contribution in [3.8, 4) is 0 Å². The van der Waals surface area contributed by atoms with Gasteiger partial charge in [-0.3, -0.25) is 19.7 Å². The number of anilines is 2. The Morgan fingerprint density at radius 3 is 2.43 bits per heavy atom. The van der Waals surface area contributed by atoms with E-state index in [9.17, 15) is 14.4 Å². The van der Waals surface area contributed by atoms with Gasteiger partial charge in [-0.15, -0.1) is 0 Å². The van der Waals surface area contributed by atoms with Gasteiger partial charge in [-0.1, -0.05) is 43.6 Å². The van der Waals surface area contributed by atoms with Crippen LogP contribution in [0.1, 0.15) is 25.8 Å². The highest BCUT2D eigenvalue weighted by atomic mass is 35.5. The van der Waals surface area contributed by atoms with Crippen molar-refractivity contribution in [2.24, 2.45) is 17.8 Å². The van der Waals surface area contributed by atoms with Crippen LogP contribution in [-0.2, 0) is 19.9 Å². The minimum Gasteiger partial charge on any atom is -0.324 e. The lowest BCUT2D eigenvalue weighted by Crippen LogP contribution is -2.53.